The van der Waals surface area contributed by atoms with Crippen LogP contribution in [0.25, 0.3) is 5.52 Å². The van der Waals surface area contributed by atoms with Gasteiger partial charge < -0.3 is 21.2 Å². The maximum atomic E-state index is 6.63. The van der Waals surface area contributed by atoms with Gasteiger partial charge in [0.1, 0.15) is 11.6 Å². The number of halogens is 2. The molecule has 1 aliphatic rings. The highest BCUT2D eigenvalue weighted by Crippen LogP contribution is 2.39. The zero-order chi connectivity index (χ0) is 26.3. The van der Waals surface area contributed by atoms with Gasteiger partial charge in [0, 0.05) is 22.8 Å². The van der Waals surface area contributed by atoms with Crippen molar-refractivity contribution in [3.63, 3.8) is 0 Å². The molecule has 0 radical (unpaired) electrons. The van der Waals surface area contributed by atoms with Gasteiger partial charge in [-0.25, -0.2) is 9.51 Å². The number of amidine groups is 1. The lowest BCUT2D eigenvalue weighted by Gasteiger charge is -2.36. The molecular weight excluding hydrogens is 556 g/mol. The first-order valence-electron chi connectivity index (χ1n) is 12.4. The fourth-order valence-corrected chi connectivity index (χ4v) is 5.86. The van der Waals surface area contributed by atoms with Crippen molar-refractivity contribution >= 4 is 58.6 Å². The number of nitrogens with zero attached hydrogens (tertiary/aromatic N) is 3. The second-order valence-corrected chi connectivity index (χ2v) is 17.2. The van der Waals surface area contributed by atoms with Crippen molar-refractivity contribution in [1.29, 1.82) is 0 Å². The van der Waals surface area contributed by atoms with Gasteiger partial charge in [-0.2, -0.15) is 5.10 Å². The van der Waals surface area contributed by atoms with Gasteiger partial charge in [0.25, 0.3) is 0 Å². The van der Waals surface area contributed by atoms with Crippen LogP contribution in [0.1, 0.15) is 52.0 Å². The number of benzene rings is 1. The van der Waals surface area contributed by atoms with Crippen molar-refractivity contribution in [3.8, 4) is 5.75 Å². The summed E-state index contributed by atoms with van der Waals surface area (Å²) in [5.74, 6) is 1.09. The molecule has 2 aromatic heterocycles. The molecule has 1 fully saturated rings. The minimum absolute atomic E-state index is 0.0891. The number of aromatic nitrogens is 2. The Morgan fingerprint density at radius 1 is 1.28 bits per heavy atom. The van der Waals surface area contributed by atoms with Gasteiger partial charge in [0.05, 0.1) is 33.7 Å². The van der Waals surface area contributed by atoms with Crippen molar-refractivity contribution in [2.75, 3.05) is 5.32 Å². The Hall–Kier alpha value is -2.07. The molecule has 1 aromatic carbocycles. The quantitative estimate of drug-likeness (QED) is 0.165. The zero-order valence-corrected chi connectivity index (χ0v) is 24.9. The van der Waals surface area contributed by atoms with Crippen LogP contribution < -0.4 is 21.2 Å². The lowest BCUT2D eigenvalue weighted by Crippen LogP contribution is -2.43. The Morgan fingerprint density at radius 3 is 2.69 bits per heavy atom. The number of aliphatic imine (C=N–C) groups is 1. The van der Waals surface area contributed by atoms with Gasteiger partial charge in [0.15, 0.2) is 0 Å². The lowest BCUT2D eigenvalue weighted by molar-refractivity contribution is 0.409. The van der Waals surface area contributed by atoms with Gasteiger partial charge in [-0.15, -0.1) is 0 Å². The van der Waals surface area contributed by atoms with Gasteiger partial charge in [0.2, 0.25) is 8.32 Å². The number of hydrogen-bond donors (Lipinski definition) is 3. The van der Waals surface area contributed by atoms with Gasteiger partial charge in [-0.3, -0.25) is 0 Å². The van der Waals surface area contributed by atoms with E-state index in [2.05, 4.69) is 60.2 Å². The van der Waals surface area contributed by atoms with Crippen LogP contribution in [-0.2, 0) is 0 Å². The zero-order valence-electron chi connectivity index (χ0n) is 21.6. The third-order valence-corrected chi connectivity index (χ3v) is 12.4. The van der Waals surface area contributed by atoms with E-state index in [1.807, 2.05) is 35.0 Å². The summed E-state index contributed by atoms with van der Waals surface area (Å²) in [5, 5.41) is 8.82. The predicted octanol–water partition coefficient (Wildman–Crippen LogP) is 6.85. The summed E-state index contributed by atoms with van der Waals surface area (Å²) in [5.41, 5.74) is 15.9. The monoisotopic (exact) mass is 590 g/mol. The molecule has 4 rings (SSSR count). The smallest absolute Gasteiger partial charge is 0.250 e. The number of nitrogens with two attached hydrogens (primary N) is 2. The minimum atomic E-state index is -1.98. The second-order valence-electron chi connectivity index (χ2n) is 11.2. The molecule has 0 amide bonds. The number of fused-ring (bicyclic) bond motifs is 1. The first kappa shape index (κ1) is 27.0. The van der Waals surface area contributed by atoms with Crippen LogP contribution in [0.15, 0.2) is 46.1 Å². The average molecular weight is 592 g/mol. The van der Waals surface area contributed by atoms with Crippen LogP contribution in [0.5, 0.6) is 5.75 Å². The summed E-state index contributed by atoms with van der Waals surface area (Å²) in [6, 6.07) is 8.07. The highest BCUT2D eigenvalue weighted by atomic mass is 79.9. The van der Waals surface area contributed by atoms with Crippen LogP contribution in [0, 0.1) is 0 Å². The summed E-state index contributed by atoms with van der Waals surface area (Å²) in [6.07, 6.45) is 7.79. The van der Waals surface area contributed by atoms with Crippen LogP contribution in [0.4, 0.5) is 11.4 Å². The molecule has 0 aliphatic heterocycles. The molecule has 0 bridgehead atoms. The fraction of sp³-hybridized carbons (Fsp3) is 0.462. The summed E-state index contributed by atoms with van der Waals surface area (Å²) in [7, 11) is -1.98. The van der Waals surface area contributed by atoms with E-state index in [4.69, 9.17) is 32.5 Å². The Balaban J connectivity index is 1.67. The van der Waals surface area contributed by atoms with Crippen molar-refractivity contribution in [1.82, 2.24) is 9.61 Å². The first-order chi connectivity index (χ1) is 16.8. The van der Waals surface area contributed by atoms with Crippen molar-refractivity contribution in [3.05, 3.63) is 51.7 Å². The van der Waals surface area contributed by atoms with E-state index in [1.54, 1.807) is 6.20 Å². The number of hydrogen-bond acceptors (Lipinski definition) is 5. The van der Waals surface area contributed by atoms with E-state index in [-0.39, 0.29) is 17.1 Å². The number of nitrogens with one attached hydrogen (secondary N) is 1. The largest absolute Gasteiger partial charge is 0.543 e. The minimum Gasteiger partial charge on any atom is -0.543 e. The molecule has 1 saturated carbocycles. The third kappa shape index (κ3) is 5.90. The van der Waals surface area contributed by atoms with E-state index < -0.39 is 8.32 Å². The van der Waals surface area contributed by atoms with Crippen LogP contribution in [0.2, 0.25) is 23.2 Å². The maximum absolute atomic E-state index is 6.63. The maximum Gasteiger partial charge on any atom is 0.250 e. The lowest BCUT2D eigenvalue weighted by atomic mass is 9.91. The van der Waals surface area contributed by atoms with Crippen molar-refractivity contribution < 1.29 is 4.43 Å². The molecular formula is C26H36BrClN6OSi. The van der Waals surface area contributed by atoms with Crippen LogP contribution in [-0.4, -0.2) is 35.9 Å². The number of anilines is 1. The van der Waals surface area contributed by atoms with E-state index in [0.29, 0.717) is 16.5 Å². The molecule has 36 heavy (non-hydrogen) atoms. The summed E-state index contributed by atoms with van der Waals surface area (Å²) < 4.78 is 9.15. The van der Waals surface area contributed by atoms with Crippen LogP contribution in [0.3, 0.4) is 0 Å². The molecule has 7 nitrogen and oxygen atoms in total. The molecule has 0 spiro atoms. The average Bonchev–Trinajstić information content (AvgIpc) is 3.15. The second kappa shape index (κ2) is 10.4. The van der Waals surface area contributed by atoms with Crippen LogP contribution >= 0.6 is 27.5 Å². The van der Waals surface area contributed by atoms with Crippen molar-refractivity contribution in [2.45, 2.75) is 76.7 Å². The third-order valence-electron chi connectivity index (χ3n) is 7.28. The summed E-state index contributed by atoms with van der Waals surface area (Å²) in [4.78, 5) is 4.69. The molecule has 1 aliphatic carbocycles. The van der Waals surface area contributed by atoms with E-state index in [1.165, 1.54) is 0 Å². The SMILES string of the molecule is CC(C)(C)[Si](C)(C)Oc1ccc(N=C(N)c2cnn3cc(Br)cc3c2N[C@@H]2CCC[C@@H](N)C2)c(Cl)c1. The molecule has 194 valence electrons. The van der Waals surface area contributed by atoms with Gasteiger partial charge in [-0.1, -0.05) is 32.4 Å². The molecule has 0 saturated heterocycles. The van der Waals surface area contributed by atoms with E-state index >= 15 is 0 Å². The normalized spacial score (nSPS) is 19.5. The Morgan fingerprint density at radius 2 is 2.03 bits per heavy atom. The highest BCUT2D eigenvalue weighted by molar-refractivity contribution is 9.10. The Bertz CT molecular complexity index is 1290. The summed E-state index contributed by atoms with van der Waals surface area (Å²) in [6.45, 7) is 11.0. The molecule has 0 unspecified atom stereocenters. The van der Waals surface area contributed by atoms with E-state index in [0.717, 1.165) is 52.7 Å². The standard InChI is InChI=1S/C26H36BrClN6OSi/c1-26(2,3)36(4,5)35-19-9-10-22(21(28)13-19)33-25(30)20-14-31-34-15-16(27)11-23(34)24(20)32-18-8-6-7-17(29)12-18/h9-11,13-15,17-18,32H,6-8,12,29H2,1-5H3,(H2,30,33)/t17-,18-/m1/s1. The summed E-state index contributed by atoms with van der Waals surface area (Å²) >= 11 is 10.2. The fourth-order valence-electron chi connectivity index (χ4n) is 4.21. The molecule has 3 aromatic rings. The Kier molecular flexibility index (Phi) is 7.76. The molecule has 2 atom stereocenters. The predicted molar refractivity (Wildman–Crippen MR) is 156 cm³/mol. The van der Waals surface area contributed by atoms with Crippen molar-refractivity contribution in [2.24, 2.45) is 16.5 Å². The molecule has 2 heterocycles. The molecule has 10 heteroatoms. The Labute approximate surface area is 227 Å². The van der Waals surface area contributed by atoms with Gasteiger partial charge in [-0.05, 0) is 84.0 Å². The van der Waals surface area contributed by atoms with Gasteiger partial charge >= 0.3 is 0 Å². The first-order valence-corrected chi connectivity index (χ1v) is 16.4. The molecule has 5 N–H and O–H groups in total. The number of rotatable bonds is 6. The highest BCUT2D eigenvalue weighted by Gasteiger charge is 2.39. The van der Waals surface area contributed by atoms with E-state index in [9.17, 15) is 0 Å². The topological polar surface area (TPSA) is 103 Å².